The molecule has 20 heavy (non-hydrogen) atoms. The third-order valence-corrected chi connectivity index (χ3v) is 5.07. The highest BCUT2D eigenvalue weighted by atomic mass is 32.1. The summed E-state index contributed by atoms with van der Waals surface area (Å²) >= 11 is 1.74. The van der Waals surface area contributed by atoms with Gasteiger partial charge in [-0.3, -0.25) is 0 Å². The molecule has 0 unspecified atom stereocenters. The minimum atomic E-state index is 0.694. The fourth-order valence-electron chi connectivity index (χ4n) is 3.01. The van der Waals surface area contributed by atoms with Crippen molar-refractivity contribution in [1.82, 2.24) is 10.3 Å². The SMILES string of the molecule is Cc1nc(CCNC2CC(c3ccccc3C)C2)cs1. The van der Waals surface area contributed by atoms with Crippen LogP contribution in [0.3, 0.4) is 0 Å². The zero-order valence-electron chi connectivity index (χ0n) is 12.2. The van der Waals surface area contributed by atoms with Crippen molar-refractivity contribution < 1.29 is 0 Å². The average molecular weight is 286 g/mol. The first kappa shape index (κ1) is 13.8. The van der Waals surface area contributed by atoms with Crippen molar-refractivity contribution in [2.75, 3.05) is 6.54 Å². The van der Waals surface area contributed by atoms with E-state index in [-0.39, 0.29) is 0 Å². The molecule has 1 aliphatic carbocycles. The van der Waals surface area contributed by atoms with Gasteiger partial charge in [0.05, 0.1) is 10.7 Å². The molecule has 0 radical (unpaired) electrons. The van der Waals surface area contributed by atoms with E-state index in [1.807, 2.05) is 0 Å². The summed E-state index contributed by atoms with van der Waals surface area (Å²) in [7, 11) is 0. The van der Waals surface area contributed by atoms with E-state index in [0.717, 1.165) is 18.9 Å². The number of thiazole rings is 1. The maximum atomic E-state index is 4.50. The number of benzene rings is 1. The Morgan fingerprint density at radius 1 is 1.25 bits per heavy atom. The lowest BCUT2D eigenvalue weighted by Gasteiger charge is -2.37. The van der Waals surface area contributed by atoms with E-state index in [2.05, 4.69) is 53.8 Å². The van der Waals surface area contributed by atoms with Gasteiger partial charge in [-0.25, -0.2) is 4.98 Å². The van der Waals surface area contributed by atoms with Gasteiger partial charge in [-0.1, -0.05) is 24.3 Å². The van der Waals surface area contributed by atoms with Gasteiger partial charge >= 0.3 is 0 Å². The molecule has 0 amide bonds. The Morgan fingerprint density at radius 3 is 2.75 bits per heavy atom. The molecular formula is C17H22N2S. The molecular weight excluding hydrogens is 264 g/mol. The number of aromatic nitrogens is 1. The average Bonchev–Trinajstić information content (AvgIpc) is 2.79. The number of rotatable bonds is 5. The molecule has 1 aromatic carbocycles. The maximum Gasteiger partial charge on any atom is 0.0897 e. The highest BCUT2D eigenvalue weighted by Gasteiger charge is 2.30. The molecule has 0 saturated heterocycles. The molecule has 0 aliphatic heterocycles. The molecule has 1 N–H and O–H groups in total. The van der Waals surface area contributed by atoms with E-state index >= 15 is 0 Å². The zero-order valence-corrected chi connectivity index (χ0v) is 13.0. The molecule has 3 heteroatoms. The fraction of sp³-hybridized carbons (Fsp3) is 0.471. The molecule has 1 heterocycles. The monoisotopic (exact) mass is 286 g/mol. The predicted molar refractivity (Wildman–Crippen MR) is 85.5 cm³/mol. The minimum absolute atomic E-state index is 0.694. The van der Waals surface area contributed by atoms with Gasteiger partial charge in [-0.2, -0.15) is 0 Å². The Hall–Kier alpha value is -1.19. The lowest BCUT2D eigenvalue weighted by Crippen LogP contribution is -2.41. The summed E-state index contributed by atoms with van der Waals surface area (Å²) in [5.41, 5.74) is 4.21. The molecule has 0 atom stereocenters. The van der Waals surface area contributed by atoms with E-state index in [9.17, 15) is 0 Å². The van der Waals surface area contributed by atoms with Gasteiger partial charge in [0.1, 0.15) is 0 Å². The second kappa shape index (κ2) is 6.06. The van der Waals surface area contributed by atoms with Crippen molar-refractivity contribution in [2.24, 2.45) is 0 Å². The van der Waals surface area contributed by atoms with E-state index in [0.29, 0.717) is 6.04 Å². The molecule has 1 fully saturated rings. The largest absolute Gasteiger partial charge is 0.314 e. The quantitative estimate of drug-likeness (QED) is 0.903. The Morgan fingerprint density at radius 2 is 2.05 bits per heavy atom. The number of nitrogens with one attached hydrogen (secondary N) is 1. The molecule has 1 saturated carbocycles. The second-order valence-electron chi connectivity index (χ2n) is 5.78. The van der Waals surface area contributed by atoms with Gasteiger partial charge in [0.15, 0.2) is 0 Å². The third-order valence-electron chi connectivity index (χ3n) is 4.25. The zero-order chi connectivity index (χ0) is 13.9. The summed E-state index contributed by atoms with van der Waals surface area (Å²) < 4.78 is 0. The molecule has 3 rings (SSSR count). The van der Waals surface area contributed by atoms with Gasteiger partial charge in [-0.15, -0.1) is 11.3 Å². The highest BCUT2D eigenvalue weighted by molar-refractivity contribution is 7.09. The van der Waals surface area contributed by atoms with Crippen molar-refractivity contribution in [3.05, 3.63) is 51.5 Å². The number of aryl methyl sites for hydroxylation is 2. The van der Waals surface area contributed by atoms with Crippen LogP contribution in [0.25, 0.3) is 0 Å². The van der Waals surface area contributed by atoms with Crippen molar-refractivity contribution in [2.45, 2.75) is 45.1 Å². The van der Waals surface area contributed by atoms with Crippen LogP contribution in [0.5, 0.6) is 0 Å². The van der Waals surface area contributed by atoms with Gasteiger partial charge in [0.25, 0.3) is 0 Å². The fourth-order valence-corrected chi connectivity index (χ4v) is 3.66. The van der Waals surface area contributed by atoms with Crippen LogP contribution < -0.4 is 5.32 Å². The second-order valence-corrected chi connectivity index (χ2v) is 6.85. The van der Waals surface area contributed by atoms with E-state index in [1.54, 1.807) is 16.9 Å². The topological polar surface area (TPSA) is 24.9 Å². The van der Waals surface area contributed by atoms with Gasteiger partial charge in [0, 0.05) is 24.4 Å². The molecule has 2 nitrogen and oxygen atoms in total. The van der Waals surface area contributed by atoms with Gasteiger partial charge in [-0.05, 0) is 43.7 Å². The summed E-state index contributed by atoms with van der Waals surface area (Å²) in [6.07, 6.45) is 3.61. The van der Waals surface area contributed by atoms with Gasteiger partial charge < -0.3 is 5.32 Å². The normalized spacial score (nSPS) is 21.7. The molecule has 106 valence electrons. The van der Waals surface area contributed by atoms with Crippen LogP contribution in [0, 0.1) is 13.8 Å². The van der Waals surface area contributed by atoms with Crippen LogP contribution in [-0.4, -0.2) is 17.6 Å². The van der Waals surface area contributed by atoms with Crippen LogP contribution in [0.15, 0.2) is 29.6 Å². The van der Waals surface area contributed by atoms with Crippen molar-refractivity contribution >= 4 is 11.3 Å². The van der Waals surface area contributed by atoms with Gasteiger partial charge in [0.2, 0.25) is 0 Å². The first-order valence-electron chi connectivity index (χ1n) is 7.42. The van der Waals surface area contributed by atoms with E-state index in [1.165, 1.54) is 29.1 Å². The Kier molecular flexibility index (Phi) is 4.18. The van der Waals surface area contributed by atoms with Crippen LogP contribution in [0.2, 0.25) is 0 Å². The van der Waals surface area contributed by atoms with E-state index < -0.39 is 0 Å². The van der Waals surface area contributed by atoms with Crippen LogP contribution >= 0.6 is 11.3 Å². The lowest BCUT2D eigenvalue weighted by molar-refractivity contribution is 0.292. The Bertz CT molecular complexity index is 570. The summed E-state index contributed by atoms with van der Waals surface area (Å²) in [4.78, 5) is 4.50. The predicted octanol–water partition coefficient (Wildman–Crippen LogP) is 3.84. The summed E-state index contributed by atoms with van der Waals surface area (Å²) in [5.74, 6) is 0.759. The molecule has 0 spiro atoms. The van der Waals surface area contributed by atoms with Crippen molar-refractivity contribution in [1.29, 1.82) is 0 Å². The Labute approximate surface area is 125 Å². The van der Waals surface area contributed by atoms with Crippen molar-refractivity contribution in [3.8, 4) is 0 Å². The van der Waals surface area contributed by atoms with Crippen LogP contribution in [0.4, 0.5) is 0 Å². The lowest BCUT2D eigenvalue weighted by atomic mass is 9.74. The molecule has 2 aromatic rings. The third kappa shape index (κ3) is 3.10. The number of hydrogen-bond acceptors (Lipinski definition) is 3. The first-order valence-corrected chi connectivity index (χ1v) is 8.30. The summed E-state index contributed by atoms with van der Waals surface area (Å²) in [6, 6.07) is 9.49. The molecule has 1 aromatic heterocycles. The maximum absolute atomic E-state index is 4.50. The van der Waals surface area contributed by atoms with Crippen molar-refractivity contribution in [3.63, 3.8) is 0 Å². The van der Waals surface area contributed by atoms with Crippen LogP contribution in [-0.2, 0) is 6.42 Å². The molecule has 0 bridgehead atoms. The van der Waals surface area contributed by atoms with E-state index in [4.69, 9.17) is 0 Å². The highest BCUT2D eigenvalue weighted by Crippen LogP contribution is 2.38. The number of hydrogen-bond donors (Lipinski definition) is 1. The smallest absolute Gasteiger partial charge is 0.0897 e. The first-order chi connectivity index (χ1) is 9.72. The standard InChI is InChI=1S/C17H22N2S/c1-12-5-3-4-6-17(12)14-9-16(10-14)18-8-7-15-11-20-13(2)19-15/h3-6,11,14,16,18H,7-10H2,1-2H3. The summed E-state index contributed by atoms with van der Waals surface area (Å²) in [6.45, 7) is 5.34. The molecule has 1 aliphatic rings. The van der Waals surface area contributed by atoms with Crippen LogP contribution in [0.1, 0.15) is 40.6 Å². The Balaban J connectivity index is 1.41. The minimum Gasteiger partial charge on any atom is -0.314 e. The number of nitrogens with zero attached hydrogens (tertiary/aromatic N) is 1. The summed E-state index contributed by atoms with van der Waals surface area (Å²) in [5, 5.41) is 7.00.